The van der Waals surface area contributed by atoms with Crippen molar-refractivity contribution in [2.75, 3.05) is 16.7 Å². The number of hydrogen-bond donors (Lipinski definition) is 1. The van der Waals surface area contributed by atoms with Crippen molar-refractivity contribution in [2.45, 2.75) is 25.3 Å². The van der Waals surface area contributed by atoms with Gasteiger partial charge in [0.1, 0.15) is 16.4 Å². The Kier molecular flexibility index (Phi) is 5.50. The third kappa shape index (κ3) is 3.91. The van der Waals surface area contributed by atoms with E-state index in [0.29, 0.717) is 10.1 Å². The number of anilines is 1. The van der Waals surface area contributed by atoms with E-state index in [-0.39, 0.29) is 35.2 Å². The zero-order valence-corrected chi connectivity index (χ0v) is 16.9. The van der Waals surface area contributed by atoms with Crippen molar-refractivity contribution < 1.29 is 30.8 Å². The second-order valence-corrected chi connectivity index (χ2v) is 9.85. The molecule has 152 valence electrons. The van der Waals surface area contributed by atoms with E-state index in [1.165, 1.54) is 25.3 Å². The molecule has 9 nitrogen and oxygen atoms in total. The second kappa shape index (κ2) is 7.57. The molecule has 0 radical (unpaired) electrons. The third-order valence-electron chi connectivity index (χ3n) is 4.13. The number of nitrogens with zero attached hydrogens (tertiary/aromatic N) is 1. The van der Waals surface area contributed by atoms with Gasteiger partial charge in [-0.3, -0.25) is 4.79 Å². The maximum absolute atomic E-state index is 12.8. The maximum atomic E-state index is 12.8. The van der Waals surface area contributed by atoms with Gasteiger partial charge in [0.15, 0.2) is 0 Å². The molecule has 3 rings (SSSR count). The SMILES string of the molecule is CCOc1ccc(N2C(=O)C(C)CS2(=O)=O)cc1S(=O)(=O)NCc1ccco1. The summed E-state index contributed by atoms with van der Waals surface area (Å²) in [6.07, 6.45) is 1.42. The van der Waals surface area contributed by atoms with Crippen molar-refractivity contribution in [2.24, 2.45) is 5.92 Å². The van der Waals surface area contributed by atoms with Crippen LogP contribution in [0.4, 0.5) is 5.69 Å². The summed E-state index contributed by atoms with van der Waals surface area (Å²) in [5, 5.41) is 0. The number of ether oxygens (including phenoxy) is 1. The third-order valence-corrected chi connectivity index (χ3v) is 7.42. The van der Waals surface area contributed by atoms with Crippen molar-refractivity contribution in [3.63, 3.8) is 0 Å². The largest absolute Gasteiger partial charge is 0.492 e. The Balaban J connectivity index is 2.01. The monoisotopic (exact) mass is 428 g/mol. The Bertz CT molecular complexity index is 1080. The highest BCUT2D eigenvalue weighted by Gasteiger charge is 2.42. The Hall–Kier alpha value is -2.37. The van der Waals surface area contributed by atoms with Gasteiger partial charge in [-0.25, -0.2) is 25.9 Å². The fraction of sp³-hybridized carbons (Fsp3) is 0.353. The van der Waals surface area contributed by atoms with Crippen LogP contribution in [-0.4, -0.2) is 35.1 Å². The highest BCUT2D eigenvalue weighted by atomic mass is 32.2. The molecule has 1 aromatic heterocycles. The van der Waals surface area contributed by atoms with Gasteiger partial charge in [0.2, 0.25) is 26.0 Å². The number of amides is 1. The molecule has 2 aromatic rings. The molecule has 1 amide bonds. The van der Waals surface area contributed by atoms with Gasteiger partial charge < -0.3 is 9.15 Å². The molecule has 1 aliphatic heterocycles. The number of nitrogens with one attached hydrogen (secondary N) is 1. The first-order chi connectivity index (χ1) is 13.2. The minimum Gasteiger partial charge on any atom is -0.492 e. The number of carbonyl (C=O) groups is 1. The van der Waals surface area contributed by atoms with Crippen molar-refractivity contribution in [1.29, 1.82) is 0 Å². The Morgan fingerprint density at radius 1 is 1.32 bits per heavy atom. The van der Waals surface area contributed by atoms with Crippen LogP contribution in [0, 0.1) is 5.92 Å². The van der Waals surface area contributed by atoms with Gasteiger partial charge in [0, 0.05) is 0 Å². The molecule has 1 aromatic carbocycles. The number of carbonyl (C=O) groups excluding carboxylic acids is 1. The molecule has 1 fully saturated rings. The summed E-state index contributed by atoms with van der Waals surface area (Å²) in [5.74, 6) is -1.17. The number of furan rings is 1. The molecule has 0 aliphatic carbocycles. The van der Waals surface area contributed by atoms with E-state index < -0.39 is 31.9 Å². The average Bonchev–Trinajstić information content (AvgIpc) is 3.20. The number of sulfonamides is 2. The van der Waals surface area contributed by atoms with Crippen LogP contribution in [0.15, 0.2) is 45.9 Å². The summed E-state index contributed by atoms with van der Waals surface area (Å²) in [7, 11) is -7.94. The lowest BCUT2D eigenvalue weighted by atomic mass is 10.2. The van der Waals surface area contributed by atoms with E-state index in [0.717, 1.165) is 6.07 Å². The first-order valence-electron chi connectivity index (χ1n) is 8.51. The lowest BCUT2D eigenvalue weighted by Crippen LogP contribution is -2.31. The summed E-state index contributed by atoms with van der Waals surface area (Å²) in [4.78, 5) is 12.0. The van der Waals surface area contributed by atoms with Crippen LogP contribution in [-0.2, 0) is 31.4 Å². The molecule has 1 saturated heterocycles. The van der Waals surface area contributed by atoms with E-state index >= 15 is 0 Å². The van der Waals surface area contributed by atoms with E-state index in [9.17, 15) is 21.6 Å². The molecule has 1 aliphatic rings. The molecular weight excluding hydrogens is 408 g/mol. The first-order valence-corrected chi connectivity index (χ1v) is 11.6. The number of hydrogen-bond acceptors (Lipinski definition) is 7. The van der Waals surface area contributed by atoms with Crippen molar-refractivity contribution in [3.05, 3.63) is 42.4 Å². The standard InChI is InChI=1S/C17H20N2O7S2/c1-3-25-15-7-6-13(19-17(20)12(2)11-27(19,21)22)9-16(15)28(23,24)18-10-14-5-4-8-26-14/h4-9,12,18H,3,10-11H2,1-2H3. The van der Waals surface area contributed by atoms with Gasteiger partial charge in [-0.15, -0.1) is 0 Å². The van der Waals surface area contributed by atoms with Gasteiger partial charge in [-0.05, 0) is 37.3 Å². The predicted octanol–water partition coefficient (Wildman–Crippen LogP) is 1.47. The van der Waals surface area contributed by atoms with Crippen LogP contribution < -0.4 is 13.8 Å². The van der Waals surface area contributed by atoms with E-state index in [1.54, 1.807) is 19.1 Å². The summed E-state index contributed by atoms with van der Waals surface area (Å²) in [6.45, 7) is 3.31. The van der Waals surface area contributed by atoms with Gasteiger partial charge in [-0.1, -0.05) is 6.92 Å². The zero-order valence-electron chi connectivity index (χ0n) is 15.3. The van der Waals surface area contributed by atoms with Crippen LogP contribution in [0.3, 0.4) is 0 Å². The van der Waals surface area contributed by atoms with Crippen LogP contribution in [0.5, 0.6) is 5.75 Å². The Morgan fingerprint density at radius 3 is 2.64 bits per heavy atom. The Morgan fingerprint density at radius 2 is 2.07 bits per heavy atom. The van der Waals surface area contributed by atoms with Gasteiger partial charge in [0.25, 0.3) is 0 Å². The van der Waals surface area contributed by atoms with Crippen LogP contribution in [0.25, 0.3) is 0 Å². The molecule has 1 unspecified atom stereocenters. The zero-order chi connectivity index (χ0) is 20.5. The van der Waals surface area contributed by atoms with E-state index in [2.05, 4.69) is 4.72 Å². The lowest BCUT2D eigenvalue weighted by molar-refractivity contribution is -0.119. The van der Waals surface area contributed by atoms with Crippen LogP contribution >= 0.6 is 0 Å². The molecule has 0 spiro atoms. The summed E-state index contributed by atoms with van der Waals surface area (Å²) in [5.41, 5.74) is -0.0452. The van der Waals surface area contributed by atoms with Crippen molar-refractivity contribution >= 4 is 31.6 Å². The average molecular weight is 428 g/mol. The molecule has 1 N–H and O–H groups in total. The summed E-state index contributed by atoms with van der Waals surface area (Å²) < 4.78 is 63.8. The maximum Gasteiger partial charge on any atom is 0.244 e. The smallest absolute Gasteiger partial charge is 0.244 e. The van der Waals surface area contributed by atoms with Gasteiger partial charge in [0.05, 0.1) is 36.8 Å². The fourth-order valence-corrected chi connectivity index (χ4v) is 5.82. The van der Waals surface area contributed by atoms with E-state index in [4.69, 9.17) is 9.15 Å². The van der Waals surface area contributed by atoms with Crippen molar-refractivity contribution in [3.8, 4) is 5.75 Å². The van der Waals surface area contributed by atoms with Crippen LogP contribution in [0.1, 0.15) is 19.6 Å². The normalized spacial score (nSPS) is 19.1. The fourth-order valence-electron chi connectivity index (χ4n) is 2.85. The quantitative estimate of drug-likeness (QED) is 0.708. The molecule has 11 heteroatoms. The molecule has 0 bridgehead atoms. The second-order valence-electron chi connectivity index (χ2n) is 6.25. The van der Waals surface area contributed by atoms with E-state index in [1.807, 2.05) is 0 Å². The Labute approximate surface area is 163 Å². The van der Waals surface area contributed by atoms with Crippen LogP contribution in [0.2, 0.25) is 0 Å². The highest BCUT2D eigenvalue weighted by molar-refractivity contribution is 7.94. The lowest BCUT2D eigenvalue weighted by Gasteiger charge is -2.18. The first kappa shape index (κ1) is 20.4. The molecule has 28 heavy (non-hydrogen) atoms. The van der Waals surface area contributed by atoms with Gasteiger partial charge in [-0.2, -0.15) is 0 Å². The molecule has 0 saturated carbocycles. The molecule has 1 atom stereocenters. The minimum absolute atomic E-state index is 0.0452. The minimum atomic E-state index is -4.08. The van der Waals surface area contributed by atoms with Gasteiger partial charge >= 0.3 is 0 Å². The van der Waals surface area contributed by atoms with Crippen molar-refractivity contribution in [1.82, 2.24) is 4.72 Å². The summed E-state index contributed by atoms with van der Waals surface area (Å²) in [6, 6.07) is 7.05. The highest BCUT2D eigenvalue weighted by Crippen LogP contribution is 2.34. The predicted molar refractivity (Wildman–Crippen MR) is 101 cm³/mol. The molecule has 2 heterocycles. The molecular formula is C17H20N2O7S2. The topological polar surface area (TPSA) is 123 Å². The summed E-state index contributed by atoms with van der Waals surface area (Å²) >= 11 is 0. The number of rotatable bonds is 7. The number of benzene rings is 1.